The van der Waals surface area contributed by atoms with Crippen LogP contribution in [-0.4, -0.2) is 15.4 Å². The average Bonchev–Trinajstić information content (AvgIpc) is 3.32. The van der Waals surface area contributed by atoms with Crippen LogP contribution in [0.15, 0.2) is 65.3 Å². The normalized spacial score (nSPS) is 10.9. The van der Waals surface area contributed by atoms with E-state index < -0.39 is 5.97 Å². The standard InChI is InChI=1S/C21H17FN2O4/c1-14-2-9-20-23-16(11-24(20)10-14)12-27-21(25)19-8-7-18(28-19)13-26-17-5-3-15(22)4-6-17/h2-11H,12-13H2,1H3. The summed E-state index contributed by atoms with van der Waals surface area (Å²) in [5.41, 5.74) is 2.54. The van der Waals surface area contributed by atoms with Gasteiger partial charge in [0.05, 0.1) is 5.69 Å². The van der Waals surface area contributed by atoms with E-state index >= 15 is 0 Å². The molecule has 7 heteroatoms. The molecule has 6 nitrogen and oxygen atoms in total. The highest BCUT2D eigenvalue weighted by atomic mass is 19.1. The number of pyridine rings is 1. The summed E-state index contributed by atoms with van der Waals surface area (Å²) in [6.45, 7) is 2.15. The van der Waals surface area contributed by atoms with E-state index in [-0.39, 0.29) is 24.8 Å². The maximum Gasteiger partial charge on any atom is 0.374 e. The van der Waals surface area contributed by atoms with Crippen molar-refractivity contribution in [2.75, 3.05) is 0 Å². The lowest BCUT2D eigenvalue weighted by atomic mass is 10.3. The van der Waals surface area contributed by atoms with Crippen molar-refractivity contribution in [3.8, 4) is 5.75 Å². The number of halogens is 1. The molecule has 0 saturated heterocycles. The number of hydrogen-bond donors (Lipinski definition) is 0. The Bertz CT molecular complexity index is 1120. The van der Waals surface area contributed by atoms with E-state index in [9.17, 15) is 9.18 Å². The van der Waals surface area contributed by atoms with Gasteiger partial charge in [0.2, 0.25) is 5.76 Å². The first kappa shape index (κ1) is 17.8. The number of furan rings is 1. The molecule has 1 aromatic carbocycles. The fraction of sp³-hybridized carbons (Fsp3) is 0.143. The number of fused-ring (bicyclic) bond motifs is 1. The van der Waals surface area contributed by atoms with Crippen LogP contribution in [-0.2, 0) is 18.0 Å². The Morgan fingerprint density at radius 3 is 2.71 bits per heavy atom. The van der Waals surface area contributed by atoms with E-state index in [4.69, 9.17) is 13.9 Å². The van der Waals surface area contributed by atoms with Crippen molar-refractivity contribution in [3.63, 3.8) is 0 Å². The van der Waals surface area contributed by atoms with Gasteiger partial charge in [0.15, 0.2) is 0 Å². The molecular weight excluding hydrogens is 363 g/mol. The Hall–Kier alpha value is -3.61. The number of imidazole rings is 1. The first-order valence-corrected chi connectivity index (χ1v) is 8.65. The predicted molar refractivity (Wildman–Crippen MR) is 98.5 cm³/mol. The van der Waals surface area contributed by atoms with Crippen molar-refractivity contribution < 1.29 is 23.1 Å². The zero-order valence-electron chi connectivity index (χ0n) is 15.1. The molecule has 0 aliphatic rings. The summed E-state index contributed by atoms with van der Waals surface area (Å²) in [5, 5.41) is 0. The van der Waals surface area contributed by atoms with Gasteiger partial charge in [-0.05, 0) is 55.0 Å². The topological polar surface area (TPSA) is 66.0 Å². The van der Waals surface area contributed by atoms with E-state index in [0.717, 1.165) is 11.2 Å². The molecule has 4 aromatic rings. The van der Waals surface area contributed by atoms with Crippen molar-refractivity contribution in [1.82, 2.24) is 9.38 Å². The minimum Gasteiger partial charge on any atom is -0.486 e. The first-order valence-electron chi connectivity index (χ1n) is 8.65. The monoisotopic (exact) mass is 380 g/mol. The molecule has 0 aliphatic heterocycles. The molecule has 3 aromatic heterocycles. The Labute approximate surface area is 160 Å². The van der Waals surface area contributed by atoms with Crippen LogP contribution in [0.1, 0.15) is 27.6 Å². The predicted octanol–water partition coefficient (Wildman–Crippen LogP) is 4.31. The molecule has 28 heavy (non-hydrogen) atoms. The third kappa shape index (κ3) is 4.03. The molecule has 142 valence electrons. The maximum atomic E-state index is 12.9. The van der Waals surface area contributed by atoms with Crippen LogP contribution in [0.4, 0.5) is 4.39 Å². The summed E-state index contributed by atoms with van der Waals surface area (Å²) in [6, 6.07) is 12.7. The molecule has 0 aliphatic carbocycles. The Balaban J connectivity index is 1.33. The molecular formula is C21H17FN2O4. The highest BCUT2D eigenvalue weighted by Crippen LogP contribution is 2.16. The van der Waals surface area contributed by atoms with Gasteiger partial charge in [0.1, 0.15) is 36.2 Å². The van der Waals surface area contributed by atoms with Gasteiger partial charge in [-0.1, -0.05) is 6.07 Å². The molecule has 0 radical (unpaired) electrons. The minimum atomic E-state index is -0.582. The molecule has 0 saturated carbocycles. The van der Waals surface area contributed by atoms with E-state index in [1.807, 2.05) is 35.9 Å². The summed E-state index contributed by atoms with van der Waals surface area (Å²) in [5.74, 6) is 0.123. The van der Waals surface area contributed by atoms with Crippen LogP contribution in [0, 0.1) is 12.7 Å². The lowest BCUT2D eigenvalue weighted by Gasteiger charge is -2.03. The molecule has 0 amide bonds. The molecule has 0 bridgehead atoms. The fourth-order valence-electron chi connectivity index (χ4n) is 2.69. The Morgan fingerprint density at radius 1 is 1.07 bits per heavy atom. The highest BCUT2D eigenvalue weighted by Gasteiger charge is 2.14. The first-order chi connectivity index (χ1) is 13.6. The number of carbonyl (C=O) groups excluding carboxylic acids is 1. The van der Waals surface area contributed by atoms with Gasteiger partial charge in [-0.3, -0.25) is 0 Å². The summed E-state index contributed by atoms with van der Waals surface area (Å²) in [4.78, 5) is 16.6. The Kier molecular flexibility index (Phi) is 4.80. The number of aromatic nitrogens is 2. The third-order valence-electron chi connectivity index (χ3n) is 4.06. The SMILES string of the molecule is Cc1ccc2nc(COC(=O)c3ccc(COc4ccc(F)cc4)o3)cn2c1. The number of aryl methyl sites for hydroxylation is 1. The Morgan fingerprint density at radius 2 is 1.89 bits per heavy atom. The number of carbonyl (C=O) groups is 1. The summed E-state index contributed by atoms with van der Waals surface area (Å²) in [6.07, 6.45) is 3.77. The van der Waals surface area contributed by atoms with Gasteiger partial charge in [0, 0.05) is 12.4 Å². The van der Waals surface area contributed by atoms with Crippen molar-refractivity contribution in [1.29, 1.82) is 0 Å². The van der Waals surface area contributed by atoms with Crippen LogP contribution in [0.5, 0.6) is 5.75 Å². The molecule has 4 rings (SSSR count). The molecule has 0 unspecified atom stereocenters. The van der Waals surface area contributed by atoms with Crippen LogP contribution < -0.4 is 4.74 Å². The largest absolute Gasteiger partial charge is 0.486 e. The van der Waals surface area contributed by atoms with Gasteiger partial charge < -0.3 is 18.3 Å². The van der Waals surface area contributed by atoms with Crippen LogP contribution in [0.2, 0.25) is 0 Å². The highest BCUT2D eigenvalue weighted by molar-refractivity contribution is 5.86. The summed E-state index contributed by atoms with van der Waals surface area (Å²) >= 11 is 0. The van der Waals surface area contributed by atoms with E-state index in [1.165, 1.54) is 30.3 Å². The van der Waals surface area contributed by atoms with E-state index in [0.29, 0.717) is 17.2 Å². The zero-order valence-corrected chi connectivity index (χ0v) is 15.1. The lowest BCUT2D eigenvalue weighted by molar-refractivity contribution is 0.0428. The second-order valence-corrected chi connectivity index (χ2v) is 6.29. The lowest BCUT2D eigenvalue weighted by Crippen LogP contribution is -2.04. The van der Waals surface area contributed by atoms with Gasteiger partial charge in [0.25, 0.3) is 0 Å². The van der Waals surface area contributed by atoms with Crippen molar-refractivity contribution in [2.24, 2.45) is 0 Å². The quantitative estimate of drug-likeness (QED) is 0.466. The van der Waals surface area contributed by atoms with Crippen LogP contribution >= 0.6 is 0 Å². The number of nitrogens with zero attached hydrogens (tertiary/aromatic N) is 2. The molecule has 0 fully saturated rings. The molecule has 0 N–H and O–H groups in total. The number of hydrogen-bond acceptors (Lipinski definition) is 5. The second kappa shape index (κ2) is 7.56. The van der Waals surface area contributed by atoms with Gasteiger partial charge in [-0.2, -0.15) is 0 Å². The number of rotatable bonds is 6. The van der Waals surface area contributed by atoms with Crippen molar-refractivity contribution >= 4 is 11.6 Å². The van der Waals surface area contributed by atoms with E-state index in [1.54, 1.807) is 6.07 Å². The molecule has 0 spiro atoms. The van der Waals surface area contributed by atoms with E-state index in [2.05, 4.69) is 4.98 Å². The summed E-state index contributed by atoms with van der Waals surface area (Å²) < 4.78 is 31.0. The van der Waals surface area contributed by atoms with Crippen LogP contribution in [0.25, 0.3) is 5.65 Å². The van der Waals surface area contributed by atoms with Crippen LogP contribution in [0.3, 0.4) is 0 Å². The molecule has 0 atom stereocenters. The summed E-state index contributed by atoms with van der Waals surface area (Å²) in [7, 11) is 0. The third-order valence-corrected chi connectivity index (χ3v) is 4.06. The number of benzene rings is 1. The minimum absolute atomic E-state index is 0.0433. The average molecular weight is 380 g/mol. The van der Waals surface area contributed by atoms with Crippen molar-refractivity contribution in [2.45, 2.75) is 20.1 Å². The number of ether oxygens (including phenoxy) is 2. The zero-order chi connectivity index (χ0) is 19.5. The number of esters is 1. The fourth-order valence-corrected chi connectivity index (χ4v) is 2.69. The maximum absolute atomic E-state index is 12.9. The van der Waals surface area contributed by atoms with Gasteiger partial charge in [-0.15, -0.1) is 0 Å². The van der Waals surface area contributed by atoms with Gasteiger partial charge >= 0.3 is 5.97 Å². The molecule has 3 heterocycles. The van der Waals surface area contributed by atoms with Gasteiger partial charge in [-0.25, -0.2) is 14.2 Å². The second-order valence-electron chi connectivity index (χ2n) is 6.29. The van der Waals surface area contributed by atoms with Crippen molar-refractivity contribution in [3.05, 3.63) is 89.5 Å². The smallest absolute Gasteiger partial charge is 0.374 e.